The van der Waals surface area contributed by atoms with Crippen LogP contribution in [-0.4, -0.2) is 23.1 Å². The molecule has 0 heterocycles. The van der Waals surface area contributed by atoms with E-state index in [-0.39, 0.29) is 23.1 Å². The molecule has 0 aliphatic rings. The molecule has 0 nitrogen and oxygen atoms in total. The topological polar surface area (TPSA) is 0 Å². The van der Waals surface area contributed by atoms with Crippen molar-refractivity contribution >= 4 is 23.1 Å². The van der Waals surface area contributed by atoms with Crippen molar-refractivity contribution in [2.24, 2.45) is 0 Å². The van der Waals surface area contributed by atoms with E-state index >= 15 is 0 Å². The fraction of sp³-hybridized carbons (Fsp3) is 0. The Hall–Kier alpha value is -1.31. The van der Waals surface area contributed by atoms with Crippen LogP contribution in [0.15, 0.2) is 72.8 Å². The van der Waals surface area contributed by atoms with E-state index in [9.17, 15) is 0 Å². The molecule has 0 unspecified atom stereocenters. The van der Waals surface area contributed by atoms with Gasteiger partial charge in [0.05, 0.1) is 0 Å². The number of benzene rings is 2. The Labute approximate surface area is 120 Å². The number of rotatable bonds is 4. The summed E-state index contributed by atoms with van der Waals surface area (Å²) < 4.78 is 0. The molecule has 0 saturated carbocycles. The van der Waals surface area contributed by atoms with Crippen LogP contribution in [0, 0.1) is 12.8 Å². The minimum atomic E-state index is 0. The molecule has 0 bridgehead atoms. The first-order chi connectivity index (χ1) is 7.95. The van der Waals surface area contributed by atoms with E-state index in [0.717, 1.165) is 0 Å². The predicted octanol–water partition coefficient (Wildman–Crippen LogP) is 3.67. The first kappa shape index (κ1) is 13.7. The molecule has 0 aliphatic heterocycles. The smallest absolute Gasteiger partial charge is 0.216 e. The maximum atomic E-state index is 2.10. The minimum absolute atomic E-state index is 0. The van der Waals surface area contributed by atoms with Gasteiger partial charge in [-0.05, 0) is 0 Å². The van der Waals surface area contributed by atoms with Gasteiger partial charge < -0.3 is 0 Å². The second-order valence-electron chi connectivity index (χ2n) is 3.54. The monoisotopic (exact) mass is 230 g/mol. The van der Waals surface area contributed by atoms with Gasteiger partial charge in [-0.3, -0.25) is 0 Å². The zero-order valence-electron chi connectivity index (χ0n) is 9.79. The molecule has 80 valence electrons. The van der Waals surface area contributed by atoms with Crippen LogP contribution < -0.4 is 0 Å². The van der Waals surface area contributed by atoms with Crippen LogP contribution in [-0.2, 0) is 0 Å². The maximum absolute atomic E-state index is 2.10. The van der Waals surface area contributed by atoms with E-state index in [1.165, 1.54) is 11.1 Å². The molecule has 0 amide bonds. The minimum Gasteiger partial charge on any atom is -0.216 e. The van der Waals surface area contributed by atoms with Gasteiger partial charge in [0.15, 0.2) is 0 Å². The standard InChI is InChI=1S/C16H14.Mg/c1-3-9-15(10-4-1)13-7-8-14-16-11-5-2-6-12-16;/h1-14H;/q-2;+2/b8-7-;. The second kappa shape index (κ2) is 7.88. The van der Waals surface area contributed by atoms with Crippen LogP contribution in [0.4, 0.5) is 0 Å². The number of hydrogen-bond donors (Lipinski definition) is 0. The molecular formula is C16H14Mg. The third-order valence-electron chi connectivity index (χ3n) is 2.29. The summed E-state index contributed by atoms with van der Waals surface area (Å²) in [5, 5.41) is 0. The van der Waals surface area contributed by atoms with Crippen molar-refractivity contribution in [3.05, 3.63) is 96.8 Å². The van der Waals surface area contributed by atoms with Gasteiger partial charge in [0.1, 0.15) is 0 Å². The van der Waals surface area contributed by atoms with Crippen LogP contribution in [0.25, 0.3) is 0 Å². The maximum Gasteiger partial charge on any atom is 2.00 e. The van der Waals surface area contributed by atoms with E-state index in [1.54, 1.807) is 0 Å². The SMILES string of the molecule is C(=C/[CH-]c1ccccc1)/[CH-]c1ccccc1.[Mg+2]. The summed E-state index contributed by atoms with van der Waals surface area (Å²) >= 11 is 0. The molecule has 0 saturated heterocycles. The largest absolute Gasteiger partial charge is 2.00 e. The summed E-state index contributed by atoms with van der Waals surface area (Å²) in [7, 11) is 0. The fourth-order valence-corrected chi connectivity index (χ4v) is 1.46. The van der Waals surface area contributed by atoms with Crippen molar-refractivity contribution < 1.29 is 0 Å². The molecule has 2 aromatic rings. The van der Waals surface area contributed by atoms with Gasteiger partial charge in [0, 0.05) is 0 Å². The molecule has 0 aliphatic carbocycles. The van der Waals surface area contributed by atoms with Gasteiger partial charge >= 0.3 is 23.1 Å². The molecule has 2 aromatic carbocycles. The van der Waals surface area contributed by atoms with Crippen molar-refractivity contribution in [2.75, 3.05) is 0 Å². The van der Waals surface area contributed by atoms with Gasteiger partial charge in [0.2, 0.25) is 0 Å². The molecule has 0 radical (unpaired) electrons. The Bertz CT molecular complexity index is 388. The van der Waals surface area contributed by atoms with Crippen molar-refractivity contribution in [1.29, 1.82) is 0 Å². The zero-order chi connectivity index (χ0) is 11.1. The van der Waals surface area contributed by atoms with Crippen molar-refractivity contribution in [2.45, 2.75) is 0 Å². The molecule has 0 atom stereocenters. The Morgan fingerprint density at radius 1 is 0.588 bits per heavy atom. The van der Waals surface area contributed by atoms with E-state index in [0.29, 0.717) is 0 Å². The fourth-order valence-electron chi connectivity index (χ4n) is 1.46. The van der Waals surface area contributed by atoms with E-state index in [1.807, 2.05) is 36.4 Å². The van der Waals surface area contributed by atoms with Crippen LogP contribution in [0.3, 0.4) is 0 Å². The Morgan fingerprint density at radius 2 is 0.941 bits per heavy atom. The molecular weight excluding hydrogens is 216 g/mol. The molecule has 17 heavy (non-hydrogen) atoms. The normalized spacial score (nSPS) is 9.65. The molecule has 1 heteroatoms. The Morgan fingerprint density at radius 3 is 1.29 bits per heavy atom. The summed E-state index contributed by atoms with van der Waals surface area (Å²) in [6, 6.07) is 20.6. The van der Waals surface area contributed by atoms with E-state index < -0.39 is 0 Å². The van der Waals surface area contributed by atoms with Crippen molar-refractivity contribution in [3.8, 4) is 0 Å². The van der Waals surface area contributed by atoms with Gasteiger partial charge in [-0.1, -0.05) is 12.1 Å². The van der Waals surface area contributed by atoms with Crippen LogP contribution >= 0.6 is 0 Å². The average molecular weight is 231 g/mol. The predicted molar refractivity (Wildman–Crippen MR) is 74.6 cm³/mol. The number of hydrogen-bond acceptors (Lipinski definition) is 0. The number of allylic oxidation sites excluding steroid dienone is 2. The van der Waals surface area contributed by atoms with Gasteiger partial charge in [-0.15, -0.1) is 48.5 Å². The van der Waals surface area contributed by atoms with Gasteiger partial charge in [-0.2, -0.15) is 24.0 Å². The van der Waals surface area contributed by atoms with Crippen LogP contribution in [0.5, 0.6) is 0 Å². The van der Waals surface area contributed by atoms with E-state index in [4.69, 9.17) is 0 Å². The quantitative estimate of drug-likeness (QED) is 0.555. The third kappa shape index (κ3) is 5.03. The summed E-state index contributed by atoms with van der Waals surface area (Å²) in [4.78, 5) is 0. The first-order valence-corrected chi connectivity index (χ1v) is 5.40. The molecule has 0 fully saturated rings. The third-order valence-corrected chi connectivity index (χ3v) is 2.29. The molecule has 0 spiro atoms. The summed E-state index contributed by atoms with van der Waals surface area (Å²) in [5.41, 5.74) is 2.44. The first-order valence-electron chi connectivity index (χ1n) is 5.40. The Kier molecular flexibility index (Phi) is 6.37. The average Bonchev–Trinajstić information content (AvgIpc) is 2.37. The van der Waals surface area contributed by atoms with E-state index in [2.05, 4.69) is 49.3 Å². The van der Waals surface area contributed by atoms with Crippen LogP contribution in [0.2, 0.25) is 0 Å². The van der Waals surface area contributed by atoms with Gasteiger partial charge in [0.25, 0.3) is 0 Å². The van der Waals surface area contributed by atoms with Crippen LogP contribution in [0.1, 0.15) is 11.1 Å². The van der Waals surface area contributed by atoms with Crippen molar-refractivity contribution in [3.63, 3.8) is 0 Å². The molecule has 0 aromatic heterocycles. The Balaban J connectivity index is 0.00000144. The summed E-state index contributed by atoms with van der Waals surface area (Å²) in [6.45, 7) is 0. The van der Waals surface area contributed by atoms with Crippen molar-refractivity contribution in [1.82, 2.24) is 0 Å². The zero-order valence-corrected chi connectivity index (χ0v) is 11.2. The summed E-state index contributed by atoms with van der Waals surface area (Å²) in [5.74, 6) is 0. The molecule has 0 N–H and O–H groups in total. The second-order valence-corrected chi connectivity index (χ2v) is 3.54. The molecule has 2 rings (SSSR count). The summed E-state index contributed by atoms with van der Waals surface area (Å²) in [6.07, 6.45) is 8.31. The van der Waals surface area contributed by atoms with Gasteiger partial charge in [-0.25, -0.2) is 12.2 Å².